The number of aliphatic hydroxyl groups excluding tert-OH is 1. The molecule has 0 unspecified atom stereocenters. The molecule has 1 rings (SSSR count). The molecule has 0 radical (unpaired) electrons. The molecule has 0 saturated carbocycles. The minimum Gasteiger partial charge on any atom is -0.396 e. The maximum Gasteiger partial charge on any atom is 0.108 e. The number of hydrogen-bond donors (Lipinski definition) is 1. The Hall–Kier alpha value is -0.830. The van der Waals surface area contributed by atoms with Gasteiger partial charge in [-0.2, -0.15) is 0 Å². The van der Waals surface area contributed by atoms with E-state index in [-0.39, 0.29) is 12.0 Å². The topological polar surface area (TPSA) is 38.0 Å². The molecule has 0 spiro atoms. The lowest BCUT2D eigenvalue weighted by Crippen LogP contribution is -2.21. The van der Waals surface area contributed by atoms with E-state index >= 15 is 0 Å². The molecule has 0 aliphatic heterocycles. The summed E-state index contributed by atoms with van der Waals surface area (Å²) in [5.41, 5.74) is -0.0703. The van der Waals surface area contributed by atoms with E-state index in [4.69, 9.17) is 5.11 Å². The second-order valence-corrected chi connectivity index (χ2v) is 3.95. The first kappa shape index (κ1) is 9.26. The van der Waals surface area contributed by atoms with Crippen molar-refractivity contribution < 1.29 is 5.11 Å². The van der Waals surface area contributed by atoms with Gasteiger partial charge in [0.1, 0.15) is 5.82 Å². The first-order chi connectivity index (χ1) is 5.55. The molecule has 0 atom stereocenters. The van der Waals surface area contributed by atoms with Crippen LogP contribution in [0.5, 0.6) is 0 Å². The molecule has 0 saturated heterocycles. The van der Waals surface area contributed by atoms with Crippen LogP contribution in [0, 0.1) is 5.41 Å². The predicted molar refractivity (Wildman–Crippen MR) is 47.8 cm³/mol. The van der Waals surface area contributed by atoms with Crippen LogP contribution in [0.15, 0.2) is 12.4 Å². The number of aliphatic hydroxyl groups is 1. The van der Waals surface area contributed by atoms with E-state index in [0.29, 0.717) is 0 Å². The summed E-state index contributed by atoms with van der Waals surface area (Å²) in [6, 6.07) is 0. The van der Waals surface area contributed by atoms with Gasteiger partial charge in [-0.3, -0.25) is 0 Å². The van der Waals surface area contributed by atoms with E-state index in [1.807, 2.05) is 31.7 Å². The van der Waals surface area contributed by atoms with Gasteiger partial charge >= 0.3 is 0 Å². The lowest BCUT2D eigenvalue weighted by Gasteiger charge is -2.20. The van der Waals surface area contributed by atoms with Gasteiger partial charge in [-0.25, -0.2) is 4.98 Å². The summed E-state index contributed by atoms with van der Waals surface area (Å²) < 4.78 is 1.98. The van der Waals surface area contributed by atoms with Crippen LogP contribution in [-0.2, 0) is 13.5 Å². The minimum absolute atomic E-state index is 0.0703. The molecule has 3 heteroatoms. The Kier molecular flexibility index (Phi) is 2.52. The summed E-state index contributed by atoms with van der Waals surface area (Å²) >= 11 is 0. The molecule has 0 aliphatic rings. The molecule has 68 valence electrons. The van der Waals surface area contributed by atoms with Gasteiger partial charge in [-0.15, -0.1) is 0 Å². The van der Waals surface area contributed by atoms with Crippen molar-refractivity contribution in [3.63, 3.8) is 0 Å². The van der Waals surface area contributed by atoms with E-state index in [0.717, 1.165) is 12.2 Å². The molecule has 0 bridgehead atoms. The van der Waals surface area contributed by atoms with Gasteiger partial charge in [0, 0.05) is 32.5 Å². The van der Waals surface area contributed by atoms with Crippen molar-refractivity contribution in [2.75, 3.05) is 6.61 Å². The third-order valence-corrected chi connectivity index (χ3v) is 1.99. The summed E-state index contributed by atoms with van der Waals surface area (Å²) in [5, 5.41) is 9.05. The number of imidazole rings is 1. The van der Waals surface area contributed by atoms with Crippen LogP contribution in [0.3, 0.4) is 0 Å². The summed E-state index contributed by atoms with van der Waals surface area (Å²) in [5.74, 6) is 1.02. The number of nitrogens with zero attached hydrogens (tertiary/aromatic N) is 2. The lowest BCUT2D eigenvalue weighted by molar-refractivity contribution is 0.156. The smallest absolute Gasteiger partial charge is 0.108 e. The molecule has 1 aromatic rings. The second kappa shape index (κ2) is 3.27. The Morgan fingerprint density at radius 3 is 2.67 bits per heavy atom. The van der Waals surface area contributed by atoms with Crippen LogP contribution >= 0.6 is 0 Å². The minimum atomic E-state index is -0.0703. The first-order valence-electron chi connectivity index (χ1n) is 4.12. The van der Waals surface area contributed by atoms with Crippen LogP contribution < -0.4 is 0 Å². The first-order valence-corrected chi connectivity index (χ1v) is 4.12. The van der Waals surface area contributed by atoms with Crippen molar-refractivity contribution in [1.29, 1.82) is 0 Å². The summed E-state index contributed by atoms with van der Waals surface area (Å²) in [6.45, 7) is 4.25. The molecule has 1 heterocycles. The normalized spacial score (nSPS) is 12.0. The maximum atomic E-state index is 9.05. The van der Waals surface area contributed by atoms with Crippen LogP contribution in [0.25, 0.3) is 0 Å². The quantitative estimate of drug-likeness (QED) is 0.730. The number of aryl methyl sites for hydroxylation is 1. The monoisotopic (exact) mass is 168 g/mol. The Bertz CT molecular complexity index is 253. The highest BCUT2D eigenvalue weighted by molar-refractivity contribution is 4.95. The molecule has 0 aliphatic carbocycles. The fraction of sp³-hybridized carbons (Fsp3) is 0.667. The molecule has 3 nitrogen and oxygen atoms in total. The predicted octanol–water partition coefficient (Wildman–Crippen LogP) is 0.981. The van der Waals surface area contributed by atoms with Crippen molar-refractivity contribution in [1.82, 2.24) is 9.55 Å². The van der Waals surface area contributed by atoms with Crippen molar-refractivity contribution in [2.45, 2.75) is 20.3 Å². The van der Waals surface area contributed by atoms with Crippen LogP contribution in [-0.4, -0.2) is 21.3 Å². The van der Waals surface area contributed by atoms with E-state index < -0.39 is 0 Å². The molecule has 1 N–H and O–H groups in total. The third-order valence-electron chi connectivity index (χ3n) is 1.99. The van der Waals surface area contributed by atoms with E-state index in [9.17, 15) is 0 Å². The number of aromatic nitrogens is 2. The molecule has 1 aromatic heterocycles. The Balaban J connectivity index is 2.70. The average Bonchev–Trinajstić information content (AvgIpc) is 2.36. The summed E-state index contributed by atoms with van der Waals surface area (Å²) in [4.78, 5) is 4.20. The van der Waals surface area contributed by atoms with Crippen molar-refractivity contribution in [3.8, 4) is 0 Å². The zero-order valence-corrected chi connectivity index (χ0v) is 7.91. The molecular weight excluding hydrogens is 152 g/mol. The highest BCUT2D eigenvalue weighted by Crippen LogP contribution is 2.19. The van der Waals surface area contributed by atoms with Gasteiger partial charge < -0.3 is 9.67 Å². The lowest BCUT2D eigenvalue weighted by atomic mass is 9.90. The molecular formula is C9H16N2O. The Labute approximate surface area is 73.1 Å². The van der Waals surface area contributed by atoms with Gasteiger partial charge in [0.05, 0.1) is 0 Å². The average molecular weight is 168 g/mol. The van der Waals surface area contributed by atoms with Crippen LogP contribution in [0.2, 0.25) is 0 Å². The highest BCUT2D eigenvalue weighted by atomic mass is 16.3. The fourth-order valence-electron chi connectivity index (χ4n) is 1.05. The SMILES string of the molecule is Cn1ccnc1CC(C)(C)CO. The van der Waals surface area contributed by atoms with Gasteiger partial charge in [0.25, 0.3) is 0 Å². The molecule has 12 heavy (non-hydrogen) atoms. The largest absolute Gasteiger partial charge is 0.396 e. The third kappa shape index (κ3) is 2.08. The fourth-order valence-corrected chi connectivity index (χ4v) is 1.05. The molecule has 0 fully saturated rings. The molecule has 0 amide bonds. The van der Waals surface area contributed by atoms with Gasteiger partial charge in [-0.05, 0) is 5.41 Å². The number of rotatable bonds is 3. The van der Waals surface area contributed by atoms with Crippen molar-refractivity contribution in [3.05, 3.63) is 18.2 Å². The second-order valence-electron chi connectivity index (χ2n) is 3.95. The summed E-state index contributed by atoms with van der Waals surface area (Å²) in [6.07, 6.45) is 4.51. The van der Waals surface area contributed by atoms with Gasteiger partial charge in [0.2, 0.25) is 0 Å². The van der Waals surface area contributed by atoms with Crippen LogP contribution in [0.4, 0.5) is 0 Å². The standard InChI is InChI=1S/C9H16N2O/c1-9(2,7-12)6-8-10-4-5-11(8)3/h4-5,12H,6-7H2,1-3H3. The van der Waals surface area contributed by atoms with Crippen molar-refractivity contribution >= 4 is 0 Å². The van der Waals surface area contributed by atoms with E-state index in [1.54, 1.807) is 6.20 Å². The molecule has 0 aromatic carbocycles. The maximum absolute atomic E-state index is 9.05. The Morgan fingerprint density at radius 1 is 1.58 bits per heavy atom. The Morgan fingerprint density at radius 2 is 2.25 bits per heavy atom. The summed E-state index contributed by atoms with van der Waals surface area (Å²) in [7, 11) is 1.97. The highest BCUT2D eigenvalue weighted by Gasteiger charge is 2.19. The number of hydrogen-bond acceptors (Lipinski definition) is 2. The van der Waals surface area contributed by atoms with Gasteiger partial charge in [-0.1, -0.05) is 13.8 Å². The zero-order valence-electron chi connectivity index (χ0n) is 7.91. The zero-order chi connectivity index (χ0) is 9.19. The van der Waals surface area contributed by atoms with Crippen molar-refractivity contribution in [2.24, 2.45) is 12.5 Å². The van der Waals surface area contributed by atoms with E-state index in [2.05, 4.69) is 4.98 Å². The van der Waals surface area contributed by atoms with E-state index in [1.165, 1.54) is 0 Å². The van der Waals surface area contributed by atoms with Crippen LogP contribution in [0.1, 0.15) is 19.7 Å². The van der Waals surface area contributed by atoms with Gasteiger partial charge in [0.15, 0.2) is 0 Å².